The molecule has 6 heteroatoms. The molecule has 0 bridgehead atoms. The number of nitrogens with one attached hydrogen (secondary N) is 1. The van der Waals surface area contributed by atoms with E-state index in [0.717, 1.165) is 25.5 Å². The fourth-order valence-electron chi connectivity index (χ4n) is 2.35. The molecule has 0 radical (unpaired) electrons. The van der Waals surface area contributed by atoms with Crippen molar-refractivity contribution in [3.63, 3.8) is 0 Å². The first-order valence-electron chi connectivity index (χ1n) is 7.53. The third-order valence-electron chi connectivity index (χ3n) is 3.57. The first kappa shape index (κ1) is 19.5. The quantitative estimate of drug-likeness (QED) is 0.454. The Hall–Kier alpha value is -1.57. The van der Waals surface area contributed by atoms with E-state index >= 15 is 0 Å². The van der Waals surface area contributed by atoms with Gasteiger partial charge in [0.15, 0.2) is 5.96 Å². The van der Waals surface area contributed by atoms with Gasteiger partial charge in [-0.25, -0.2) is 0 Å². The number of hydrogen-bond donors (Lipinski definition) is 1. The number of aryl methyl sites for hydroxylation is 2. The molecular formula is C17H26IN5. The topological polar surface area (TPSA) is 45.5 Å². The molecule has 0 atom stereocenters. The van der Waals surface area contributed by atoms with Crippen molar-refractivity contribution in [1.82, 2.24) is 20.0 Å². The van der Waals surface area contributed by atoms with E-state index in [1.54, 1.807) is 0 Å². The lowest BCUT2D eigenvalue weighted by Gasteiger charge is -2.22. The van der Waals surface area contributed by atoms with Crippen molar-refractivity contribution in [2.45, 2.75) is 19.9 Å². The van der Waals surface area contributed by atoms with Crippen molar-refractivity contribution in [1.29, 1.82) is 0 Å². The first-order valence-corrected chi connectivity index (χ1v) is 7.53. The van der Waals surface area contributed by atoms with Gasteiger partial charge in [0, 0.05) is 40.4 Å². The SMILES string of the molecule is CN=C(NCCc1cnn(C)c1)N(C)Cc1ccc(C)cc1.I. The van der Waals surface area contributed by atoms with Crippen LogP contribution in [0.3, 0.4) is 0 Å². The first-order chi connectivity index (χ1) is 10.6. The number of aliphatic imine (C=N–C) groups is 1. The summed E-state index contributed by atoms with van der Waals surface area (Å²) in [6.45, 7) is 3.79. The predicted octanol–water partition coefficient (Wildman–Crippen LogP) is 2.60. The van der Waals surface area contributed by atoms with Crippen LogP contribution in [0, 0.1) is 6.92 Å². The van der Waals surface area contributed by atoms with Crippen molar-refractivity contribution in [3.8, 4) is 0 Å². The fraction of sp³-hybridized carbons (Fsp3) is 0.412. The van der Waals surface area contributed by atoms with Crippen LogP contribution in [-0.2, 0) is 20.0 Å². The van der Waals surface area contributed by atoms with Gasteiger partial charge in [-0.05, 0) is 24.5 Å². The van der Waals surface area contributed by atoms with Gasteiger partial charge in [0.2, 0.25) is 0 Å². The summed E-state index contributed by atoms with van der Waals surface area (Å²) in [5, 5.41) is 7.58. The second kappa shape index (κ2) is 9.54. The minimum absolute atomic E-state index is 0. The highest BCUT2D eigenvalue weighted by atomic mass is 127. The second-order valence-corrected chi connectivity index (χ2v) is 5.59. The van der Waals surface area contributed by atoms with Gasteiger partial charge in [-0.2, -0.15) is 5.10 Å². The molecule has 126 valence electrons. The fourth-order valence-corrected chi connectivity index (χ4v) is 2.35. The zero-order chi connectivity index (χ0) is 15.9. The highest BCUT2D eigenvalue weighted by molar-refractivity contribution is 14.0. The van der Waals surface area contributed by atoms with Gasteiger partial charge in [-0.15, -0.1) is 24.0 Å². The maximum Gasteiger partial charge on any atom is 0.193 e. The predicted molar refractivity (Wildman–Crippen MR) is 106 cm³/mol. The van der Waals surface area contributed by atoms with E-state index in [4.69, 9.17) is 0 Å². The highest BCUT2D eigenvalue weighted by Gasteiger charge is 2.06. The largest absolute Gasteiger partial charge is 0.356 e. The number of nitrogens with zero attached hydrogens (tertiary/aromatic N) is 4. The summed E-state index contributed by atoms with van der Waals surface area (Å²) in [6, 6.07) is 8.60. The normalized spacial score (nSPS) is 11.0. The Balaban J connectivity index is 0.00000264. The Bertz CT molecular complexity index is 618. The van der Waals surface area contributed by atoms with Crippen LogP contribution in [0.5, 0.6) is 0 Å². The van der Waals surface area contributed by atoms with Crippen LogP contribution in [0.2, 0.25) is 0 Å². The van der Waals surface area contributed by atoms with Crippen LogP contribution in [-0.4, -0.2) is 41.3 Å². The standard InChI is InChI=1S/C17H25N5.HI/c1-14-5-7-15(8-6-14)12-21(3)17(18-2)19-10-9-16-11-20-22(4)13-16;/h5-8,11,13H,9-10,12H2,1-4H3,(H,18,19);1H. The molecule has 0 aliphatic rings. The summed E-state index contributed by atoms with van der Waals surface area (Å²) in [4.78, 5) is 6.48. The molecule has 1 heterocycles. The van der Waals surface area contributed by atoms with E-state index in [2.05, 4.69) is 58.5 Å². The number of aromatic nitrogens is 2. The van der Waals surface area contributed by atoms with Crippen LogP contribution in [0.4, 0.5) is 0 Å². The number of guanidine groups is 1. The number of benzene rings is 1. The lowest BCUT2D eigenvalue weighted by atomic mass is 10.1. The molecule has 0 fully saturated rings. The lowest BCUT2D eigenvalue weighted by molar-refractivity contribution is 0.477. The number of rotatable bonds is 5. The Morgan fingerprint density at radius 2 is 1.96 bits per heavy atom. The molecule has 0 aliphatic carbocycles. The second-order valence-electron chi connectivity index (χ2n) is 5.59. The Morgan fingerprint density at radius 1 is 1.26 bits per heavy atom. The molecule has 23 heavy (non-hydrogen) atoms. The monoisotopic (exact) mass is 427 g/mol. The minimum Gasteiger partial charge on any atom is -0.356 e. The van der Waals surface area contributed by atoms with Gasteiger partial charge in [0.25, 0.3) is 0 Å². The van der Waals surface area contributed by atoms with Crippen molar-refractivity contribution in [3.05, 3.63) is 53.3 Å². The van der Waals surface area contributed by atoms with Gasteiger partial charge in [0.05, 0.1) is 6.20 Å². The average molecular weight is 427 g/mol. The van der Waals surface area contributed by atoms with E-state index in [-0.39, 0.29) is 24.0 Å². The minimum atomic E-state index is 0. The third kappa shape index (κ3) is 6.21. The molecule has 0 spiro atoms. The zero-order valence-corrected chi connectivity index (χ0v) is 16.6. The van der Waals surface area contributed by atoms with Gasteiger partial charge >= 0.3 is 0 Å². The molecule has 0 amide bonds. The molecular weight excluding hydrogens is 401 g/mol. The summed E-state index contributed by atoms with van der Waals surface area (Å²) >= 11 is 0. The van der Waals surface area contributed by atoms with Crippen molar-refractivity contribution < 1.29 is 0 Å². The summed E-state index contributed by atoms with van der Waals surface area (Å²) in [7, 11) is 5.81. The summed E-state index contributed by atoms with van der Waals surface area (Å²) in [5.74, 6) is 0.907. The molecule has 1 aromatic carbocycles. The maximum atomic E-state index is 4.35. The number of halogens is 1. The Labute approximate surface area is 155 Å². The van der Waals surface area contributed by atoms with Crippen LogP contribution < -0.4 is 5.32 Å². The van der Waals surface area contributed by atoms with Gasteiger partial charge in [0.1, 0.15) is 0 Å². The van der Waals surface area contributed by atoms with Crippen LogP contribution in [0.15, 0.2) is 41.7 Å². The van der Waals surface area contributed by atoms with E-state index in [9.17, 15) is 0 Å². The molecule has 0 saturated carbocycles. The average Bonchev–Trinajstić information content (AvgIpc) is 2.91. The smallest absolute Gasteiger partial charge is 0.193 e. The zero-order valence-electron chi connectivity index (χ0n) is 14.3. The molecule has 5 nitrogen and oxygen atoms in total. The summed E-state index contributed by atoms with van der Waals surface area (Å²) < 4.78 is 1.83. The lowest BCUT2D eigenvalue weighted by Crippen LogP contribution is -2.39. The van der Waals surface area contributed by atoms with E-state index in [1.165, 1.54) is 16.7 Å². The van der Waals surface area contributed by atoms with Crippen molar-refractivity contribution in [2.24, 2.45) is 12.0 Å². The maximum absolute atomic E-state index is 4.35. The molecule has 0 unspecified atom stereocenters. The van der Waals surface area contributed by atoms with E-state index < -0.39 is 0 Å². The van der Waals surface area contributed by atoms with E-state index in [0.29, 0.717) is 0 Å². The summed E-state index contributed by atoms with van der Waals surface area (Å²) in [6.07, 6.45) is 4.88. The van der Waals surface area contributed by atoms with E-state index in [1.807, 2.05) is 31.2 Å². The van der Waals surface area contributed by atoms with Crippen molar-refractivity contribution >= 4 is 29.9 Å². The van der Waals surface area contributed by atoms with Gasteiger partial charge in [-0.1, -0.05) is 29.8 Å². The molecule has 1 N–H and O–H groups in total. The highest BCUT2D eigenvalue weighted by Crippen LogP contribution is 2.06. The van der Waals surface area contributed by atoms with Gasteiger partial charge < -0.3 is 10.2 Å². The molecule has 0 saturated heterocycles. The van der Waals surface area contributed by atoms with Crippen LogP contribution in [0.1, 0.15) is 16.7 Å². The van der Waals surface area contributed by atoms with Crippen molar-refractivity contribution in [2.75, 3.05) is 20.6 Å². The summed E-state index contributed by atoms with van der Waals surface area (Å²) in [5.41, 5.74) is 3.79. The molecule has 0 aliphatic heterocycles. The van der Waals surface area contributed by atoms with Gasteiger partial charge in [-0.3, -0.25) is 9.67 Å². The molecule has 1 aromatic heterocycles. The molecule has 2 rings (SSSR count). The van der Waals surface area contributed by atoms with Crippen LogP contribution in [0.25, 0.3) is 0 Å². The Kier molecular flexibility index (Phi) is 8.08. The third-order valence-corrected chi connectivity index (χ3v) is 3.57. The number of hydrogen-bond acceptors (Lipinski definition) is 2. The van der Waals surface area contributed by atoms with Crippen LogP contribution >= 0.6 is 24.0 Å². The Morgan fingerprint density at radius 3 is 2.52 bits per heavy atom. The molecule has 2 aromatic rings.